The topological polar surface area (TPSA) is 0 Å². The summed E-state index contributed by atoms with van der Waals surface area (Å²) in [6, 6.07) is 0. The second kappa shape index (κ2) is 2.81. The van der Waals surface area contributed by atoms with Crippen molar-refractivity contribution in [3.63, 3.8) is 0 Å². The molecule has 0 heterocycles. The third kappa shape index (κ3) is 1.89. The summed E-state index contributed by atoms with van der Waals surface area (Å²) in [6.45, 7) is 0. The van der Waals surface area contributed by atoms with Crippen molar-refractivity contribution in [3.8, 4) is 0 Å². The van der Waals surface area contributed by atoms with Crippen LogP contribution in [0.4, 0.5) is 13.2 Å². The summed E-state index contributed by atoms with van der Waals surface area (Å²) in [6.07, 6.45) is -0.169. The van der Waals surface area contributed by atoms with Gasteiger partial charge in [-0.1, -0.05) is 0 Å². The molecule has 0 aromatic carbocycles. The van der Waals surface area contributed by atoms with Crippen molar-refractivity contribution in [1.82, 2.24) is 0 Å². The molecule has 0 amide bonds. The summed E-state index contributed by atoms with van der Waals surface area (Å²) in [5.74, 6) is -1.03. The Balaban J connectivity index is 2.39. The molecular weight excluding hydrogens is 141 g/mol. The quantitative estimate of drug-likeness (QED) is 0.499. The lowest BCUT2D eigenvalue weighted by molar-refractivity contribution is -0.180. The van der Waals surface area contributed by atoms with Gasteiger partial charge in [-0.15, -0.1) is 0 Å². The summed E-state index contributed by atoms with van der Waals surface area (Å²) in [5.41, 5.74) is 0. The maximum Gasteiger partial charge on any atom is 0.391 e. The average molecular weight is 151 g/mol. The largest absolute Gasteiger partial charge is 0.391 e. The van der Waals surface area contributed by atoms with Crippen LogP contribution in [0.25, 0.3) is 0 Å². The molecule has 59 valence electrons. The molecule has 0 unspecified atom stereocenters. The maximum atomic E-state index is 11.9. The van der Waals surface area contributed by atoms with Crippen molar-refractivity contribution in [1.29, 1.82) is 0 Å². The minimum atomic E-state index is -3.95. The van der Waals surface area contributed by atoms with Gasteiger partial charge in [0.15, 0.2) is 0 Å². The summed E-state index contributed by atoms with van der Waals surface area (Å²) >= 11 is 0. The number of hydrogen-bond acceptors (Lipinski definition) is 0. The molecule has 0 aromatic rings. The minimum Gasteiger partial charge on any atom is -0.171 e. The molecule has 0 aromatic heterocycles. The Morgan fingerprint density at radius 1 is 1.10 bits per heavy atom. The monoisotopic (exact) mass is 151 g/mol. The molecule has 0 bridgehead atoms. The van der Waals surface area contributed by atoms with E-state index in [0.29, 0.717) is 25.7 Å². The molecular formula is C7H10F3. The van der Waals surface area contributed by atoms with Gasteiger partial charge in [0.2, 0.25) is 0 Å². The summed E-state index contributed by atoms with van der Waals surface area (Å²) in [7, 11) is 0. The van der Waals surface area contributed by atoms with E-state index in [1.807, 2.05) is 6.42 Å². The van der Waals surface area contributed by atoms with Gasteiger partial charge in [0.25, 0.3) is 0 Å². The molecule has 1 rings (SSSR count). The Morgan fingerprint density at radius 3 is 1.90 bits per heavy atom. The first-order valence-corrected chi connectivity index (χ1v) is 3.49. The minimum absolute atomic E-state index is 0.295. The van der Waals surface area contributed by atoms with Gasteiger partial charge in [0.05, 0.1) is 5.92 Å². The summed E-state index contributed by atoms with van der Waals surface area (Å²) in [4.78, 5) is 0. The molecule has 0 spiro atoms. The molecule has 0 nitrogen and oxygen atoms in total. The highest BCUT2D eigenvalue weighted by atomic mass is 19.4. The highest BCUT2D eigenvalue weighted by molar-refractivity contribution is 4.80. The van der Waals surface area contributed by atoms with E-state index in [1.54, 1.807) is 0 Å². The predicted octanol–water partition coefficient (Wildman–Crippen LogP) is 2.94. The molecule has 1 aliphatic carbocycles. The Labute approximate surface area is 58.4 Å². The van der Waals surface area contributed by atoms with Crippen molar-refractivity contribution < 1.29 is 13.2 Å². The SMILES string of the molecule is FC(F)(F)C1CC[CH]CC1. The van der Waals surface area contributed by atoms with Gasteiger partial charge in [-0.3, -0.25) is 0 Å². The fourth-order valence-electron chi connectivity index (χ4n) is 1.25. The van der Waals surface area contributed by atoms with Gasteiger partial charge in [0.1, 0.15) is 0 Å². The van der Waals surface area contributed by atoms with Crippen molar-refractivity contribution in [3.05, 3.63) is 6.42 Å². The average Bonchev–Trinajstić information content (AvgIpc) is 1.88. The molecule has 1 saturated carbocycles. The number of hydrogen-bond donors (Lipinski definition) is 0. The van der Waals surface area contributed by atoms with Crippen molar-refractivity contribution in [2.24, 2.45) is 5.92 Å². The zero-order chi connectivity index (χ0) is 7.61. The van der Waals surface area contributed by atoms with E-state index in [0.717, 1.165) is 0 Å². The van der Waals surface area contributed by atoms with E-state index in [1.165, 1.54) is 0 Å². The lowest BCUT2D eigenvalue weighted by Gasteiger charge is -2.23. The molecule has 0 N–H and O–H groups in total. The Bertz CT molecular complexity index is 99.9. The second-order valence-corrected chi connectivity index (χ2v) is 2.68. The zero-order valence-electron chi connectivity index (χ0n) is 5.62. The van der Waals surface area contributed by atoms with Gasteiger partial charge >= 0.3 is 6.18 Å². The van der Waals surface area contributed by atoms with Crippen LogP contribution in [0.5, 0.6) is 0 Å². The summed E-state index contributed by atoms with van der Waals surface area (Å²) in [5, 5.41) is 0. The van der Waals surface area contributed by atoms with Crippen LogP contribution in [0, 0.1) is 12.3 Å². The van der Waals surface area contributed by atoms with Crippen LogP contribution in [0.2, 0.25) is 0 Å². The molecule has 0 aliphatic heterocycles. The zero-order valence-corrected chi connectivity index (χ0v) is 5.62. The van der Waals surface area contributed by atoms with Crippen LogP contribution in [0.15, 0.2) is 0 Å². The normalized spacial score (nSPS) is 23.1. The van der Waals surface area contributed by atoms with E-state index in [4.69, 9.17) is 0 Å². The number of halogens is 3. The van der Waals surface area contributed by atoms with E-state index in [-0.39, 0.29) is 0 Å². The highest BCUT2D eigenvalue weighted by Gasteiger charge is 2.39. The van der Waals surface area contributed by atoms with Crippen LogP contribution in [0.1, 0.15) is 25.7 Å². The van der Waals surface area contributed by atoms with E-state index in [9.17, 15) is 13.2 Å². The smallest absolute Gasteiger partial charge is 0.171 e. The van der Waals surface area contributed by atoms with Crippen molar-refractivity contribution >= 4 is 0 Å². The molecule has 3 heteroatoms. The van der Waals surface area contributed by atoms with Crippen LogP contribution < -0.4 is 0 Å². The van der Waals surface area contributed by atoms with Gasteiger partial charge in [-0.2, -0.15) is 13.2 Å². The van der Waals surface area contributed by atoms with Gasteiger partial charge in [-0.05, 0) is 32.1 Å². The second-order valence-electron chi connectivity index (χ2n) is 2.68. The van der Waals surface area contributed by atoms with E-state index in [2.05, 4.69) is 0 Å². The fourth-order valence-corrected chi connectivity index (χ4v) is 1.25. The molecule has 0 atom stereocenters. The standard InChI is InChI=1S/C7H10F3/c8-7(9,10)6-4-2-1-3-5-6/h1,6H,2-5H2. The highest BCUT2D eigenvalue weighted by Crippen LogP contribution is 2.36. The first kappa shape index (κ1) is 7.89. The van der Waals surface area contributed by atoms with Gasteiger partial charge < -0.3 is 0 Å². The Hall–Kier alpha value is -0.210. The van der Waals surface area contributed by atoms with Crippen LogP contribution in [0.3, 0.4) is 0 Å². The van der Waals surface area contributed by atoms with E-state index >= 15 is 0 Å². The van der Waals surface area contributed by atoms with E-state index < -0.39 is 12.1 Å². The Kier molecular flexibility index (Phi) is 2.21. The Morgan fingerprint density at radius 2 is 1.60 bits per heavy atom. The molecule has 10 heavy (non-hydrogen) atoms. The van der Waals surface area contributed by atoms with Gasteiger partial charge in [-0.25, -0.2) is 0 Å². The third-order valence-corrected chi connectivity index (χ3v) is 1.90. The number of rotatable bonds is 0. The van der Waals surface area contributed by atoms with Crippen LogP contribution in [-0.2, 0) is 0 Å². The van der Waals surface area contributed by atoms with Crippen LogP contribution in [-0.4, -0.2) is 6.18 Å². The van der Waals surface area contributed by atoms with Crippen LogP contribution >= 0.6 is 0 Å². The van der Waals surface area contributed by atoms with Crippen molar-refractivity contribution in [2.45, 2.75) is 31.9 Å². The fraction of sp³-hybridized carbons (Fsp3) is 0.857. The molecule has 0 saturated heterocycles. The van der Waals surface area contributed by atoms with Crippen molar-refractivity contribution in [2.75, 3.05) is 0 Å². The number of alkyl halides is 3. The first-order chi connectivity index (χ1) is 4.61. The first-order valence-electron chi connectivity index (χ1n) is 3.49. The molecule has 1 fully saturated rings. The molecule has 1 radical (unpaired) electrons. The van der Waals surface area contributed by atoms with Gasteiger partial charge in [0, 0.05) is 0 Å². The summed E-state index contributed by atoms with van der Waals surface area (Å²) < 4.78 is 35.8. The molecule has 1 aliphatic rings. The lowest BCUT2D eigenvalue weighted by atomic mass is 9.89. The third-order valence-electron chi connectivity index (χ3n) is 1.90. The predicted molar refractivity (Wildman–Crippen MR) is 32.3 cm³/mol. The maximum absolute atomic E-state index is 11.9. The lowest BCUT2D eigenvalue weighted by Crippen LogP contribution is -2.24.